The molecule has 166 valence electrons. The molecule has 6 nitrogen and oxygen atoms in total. The van der Waals surface area contributed by atoms with Crippen LogP contribution in [0.3, 0.4) is 0 Å². The number of nitrogens with two attached hydrogens (primary N) is 1. The minimum absolute atomic E-state index is 0.00119. The molecule has 1 aromatic carbocycles. The summed E-state index contributed by atoms with van der Waals surface area (Å²) in [7, 11) is 0. The minimum Gasteiger partial charge on any atom is -0.396 e. The van der Waals surface area contributed by atoms with Crippen LogP contribution in [0.15, 0.2) is 24.3 Å². The van der Waals surface area contributed by atoms with Crippen molar-refractivity contribution >= 4 is 23.4 Å². The SMILES string of the molecule is CC(CO)C(=O)N(C1CCCCC1)C1CCN(C(=O)C(N)Cc2ccc(Cl)cc2)C1. The van der Waals surface area contributed by atoms with E-state index in [4.69, 9.17) is 17.3 Å². The maximum Gasteiger partial charge on any atom is 0.239 e. The number of nitrogens with zero attached hydrogens (tertiary/aromatic N) is 2. The predicted octanol–water partition coefficient (Wildman–Crippen LogP) is 2.60. The van der Waals surface area contributed by atoms with Gasteiger partial charge in [-0.2, -0.15) is 0 Å². The van der Waals surface area contributed by atoms with Crippen molar-refractivity contribution in [1.82, 2.24) is 9.80 Å². The molecule has 30 heavy (non-hydrogen) atoms. The molecule has 0 spiro atoms. The maximum atomic E-state index is 13.1. The summed E-state index contributed by atoms with van der Waals surface area (Å²) in [6, 6.07) is 6.99. The van der Waals surface area contributed by atoms with Gasteiger partial charge in [-0.25, -0.2) is 0 Å². The quantitative estimate of drug-likeness (QED) is 0.689. The number of benzene rings is 1. The number of carbonyl (C=O) groups is 2. The number of hydrogen-bond acceptors (Lipinski definition) is 4. The van der Waals surface area contributed by atoms with Crippen LogP contribution >= 0.6 is 11.6 Å². The van der Waals surface area contributed by atoms with Crippen LogP contribution < -0.4 is 5.73 Å². The fraction of sp³-hybridized carbons (Fsp3) is 0.652. The van der Waals surface area contributed by atoms with Gasteiger partial charge in [0.1, 0.15) is 0 Å². The Bertz CT molecular complexity index is 721. The topological polar surface area (TPSA) is 86.9 Å². The first-order valence-corrected chi connectivity index (χ1v) is 11.5. The molecule has 1 saturated heterocycles. The average Bonchev–Trinajstić information content (AvgIpc) is 3.24. The van der Waals surface area contributed by atoms with E-state index in [-0.39, 0.29) is 30.5 Å². The normalized spacial score (nSPS) is 22.0. The van der Waals surface area contributed by atoms with Crippen molar-refractivity contribution in [2.24, 2.45) is 11.7 Å². The highest BCUT2D eigenvalue weighted by Crippen LogP contribution is 2.29. The van der Waals surface area contributed by atoms with Crippen LogP contribution in [0.25, 0.3) is 0 Å². The Hall–Kier alpha value is -1.63. The van der Waals surface area contributed by atoms with Gasteiger partial charge >= 0.3 is 0 Å². The zero-order chi connectivity index (χ0) is 21.7. The molecular weight excluding hydrogens is 402 g/mol. The number of aliphatic hydroxyl groups is 1. The Kier molecular flexibility index (Phi) is 8.14. The lowest BCUT2D eigenvalue weighted by Crippen LogP contribution is -2.52. The van der Waals surface area contributed by atoms with Crippen LogP contribution in [0.2, 0.25) is 5.02 Å². The highest BCUT2D eigenvalue weighted by atomic mass is 35.5. The molecule has 7 heteroatoms. The number of likely N-dealkylation sites (tertiary alicyclic amines) is 1. The fourth-order valence-corrected chi connectivity index (χ4v) is 4.84. The zero-order valence-corrected chi connectivity index (χ0v) is 18.6. The van der Waals surface area contributed by atoms with Crippen molar-refractivity contribution in [1.29, 1.82) is 0 Å². The van der Waals surface area contributed by atoms with Crippen molar-refractivity contribution in [3.05, 3.63) is 34.9 Å². The van der Waals surface area contributed by atoms with E-state index in [2.05, 4.69) is 0 Å². The van der Waals surface area contributed by atoms with E-state index in [9.17, 15) is 14.7 Å². The number of halogens is 1. The van der Waals surface area contributed by atoms with E-state index in [1.54, 1.807) is 24.0 Å². The molecule has 0 aromatic heterocycles. The lowest BCUT2D eigenvalue weighted by Gasteiger charge is -2.40. The van der Waals surface area contributed by atoms with Crippen molar-refractivity contribution in [2.75, 3.05) is 19.7 Å². The molecule has 3 unspecified atom stereocenters. The fourth-order valence-electron chi connectivity index (χ4n) is 4.72. The molecule has 1 aliphatic heterocycles. The van der Waals surface area contributed by atoms with Gasteiger partial charge in [0.05, 0.1) is 24.6 Å². The molecule has 3 atom stereocenters. The van der Waals surface area contributed by atoms with E-state index < -0.39 is 12.0 Å². The molecule has 3 N–H and O–H groups in total. The van der Waals surface area contributed by atoms with E-state index in [1.807, 2.05) is 17.0 Å². The molecule has 2 aliphatic rings. The van der Waals surface area contributed by atoms with E-state index in [1.165, 1.54) is 6.42 Å². The lowest BCUT2D eigenvalue weighted by molar-refractivity contribution is -0.143. The summed E-state index contributed by atoms with van der Waals surface area (Å²) in [6.07, 6.45) is 6.70. The molecule has 1 heterocycles. The monoisotopic (exact) mass is 435 g/mol. The predicted molar refractivity (Wildman–Crippen MR) is 118 cm³/mol. The first-order valence-electron chi connectivity index (χ1n) is 11.1. The molecule has 1 aliphatic carbocycles. The Morgan fingerprint density at radius 3 is 2.47 bits per heavy atom. The Morgan fingerprint density at radius 1 is 1.17 bits per heavy atom. The highest BCUT2D eigenvalue weighted by Gasteiger charge is 2.39. The largest absolute Gasteiger partial charge is 0.396 e. The minimum atomic E-state index is -0.611. The first-order chi connectivity index (χ1) is 14.4. The smallest absolute Gasteiger partial charge is 0.239 e. The van der Waals surface area contributed by atoms with Crippen LogP contribution in [0.4, 0.5) is 0 Å². The van der Waals surface area contributed by atoms with Gasteiger partial charge < -0.3 is 20.6 Å². The van der Waals surface area contributed by atoms with Crippen molar-refractivity contribution in [2.45, 2.75) is 70.0 Å². The van der Waals surface area contributed by atoms with Crippen LogP contribution in [0.1, 0.15) is 51.0 Å². The molecule has 1 saturated carbocycles. The summed E-state index contributed by atoms with van der Waals surface area (Å²) in [5, 5.41) is 10.2. The van der Waals surface area contributed by atoms with Crippen molar-refractivity contribution < 1.29 is 14.7 Å². The Balaban J connectivity index is 1.64. The van der Waals surface area contributed by atoms with Gasteiger partial charge in [-0.15, -0.1) is 0 Å². The summed E-state index contributed by atoms with van der Waals surface area (Å²) < 4.78 is 0. The van der Waals surface area contributed by atoms with E-state index in [0.29, 0.717) is 24.5 Å². The molecule has 0 bridgehead atoms. The highest BCUT2D eigenvalue weighted by molar-refractivity contribution is 6.30. The van der Waals surface area contributed by atoms with Gasteiger partial charge in [-0.05, 0) is 43.4 Å². The average molecular weight is 436 g/mol. The zero-order valence-electron chi connectivity index (χ0n) is 17.8. The summed E-state index contributed by atoms with van der Waals surface area (Å²) >= 11 is 5.93. The van der Waals surface area contributed by atoms with Gasteiger partial charge in [0.25, 0.3) is 0 Å². The van der Waals surface area contributed by atoms with Gasteiger partial charge in [-0.1, -0.05) is 49.9 Å². The first kappa shape index (κ1) is 23.0. The third-order valence-electron chi connectivity index (χ3n) is 6.47. The van der Waals surface area contributed by atoms with Gasteiger partial charge in [-0.3, -0.25) is 9.59 Å². The number of hydrogen-bond donors (Lipinski definition) is 2. The standard InChI is InChI=1S/C23H34ClN3O3/c1-16(15-28)22(29)27(19-5-3-2-4-6-19)20-11-12-26(14-20)23(30)21(25)13-17-7-9-18(24)10-8-17/h7-10,16,19-21,28H,2-6,11-15,25H2,1H3. The second-order valence-corrected chi connectivity index (χ2v) is 9.22. The summed E-state index contributed by atoms with van der Waals surface area (Å²) in [6.45, 7) is 2.76. The molecule has 0 radical (unpaired) electrons. The molecular formula is C23H34ClN3O3. The number of rotatable bonds is 7. The summed E-state index contributed by atoms with van der Waals surface area (Å²) in [4.78, 5) is 29.8. The third-order valence-corrected chi connectivity index (χ3v) is 6.72. The number of aliphatic hydroxyl groups excluding tert-OH is 1. The Morgan fingerprint density at radius 2 is 1.83 bits per heavy atom. The van der Waals surface area contributed by atoms with Crippen molar-refractivity contribution in [3.63, 3.8) is 0 Å². The molecule has 1 aromatic rings. The lowest BCUT2D eigenvalue weighted by atomic mass is 9.92. The van der Waals surface area contributed by atoms with E-state index >= 15 is 0 Å². The third kappa shape index (κ3) is 5.54. The van der Waals surface area contributed by atoms with Crippen LogP contribution in [0.5, 0.6) is 0 Å². The summed E-state index contributed by atoms with van der Waals surface area (Å²) in [5.74, 6) is -0.475. The number of amides is 2. The second-order valence-electron chi connectivity index (χ2n) is 8.78. The maximum absolute atomic E-state index is 13.1. The van der Waals surface area contributed by atoms with Crippen molar-refractivity contribution in [3.8, 4) is 0 Å². The van der Waals surface area contributed by atoms with E-state index in [0.717, 1.165) is 37.7 Å². The van der Waals surface area contributed by atoms with Gasteiger partial charge in [0.15, 0.2) is 0 Å². The second kappa shape index (κ2) is 10.6. The van der Waals surface area contributed by atoms with Gasteiger partial charge in [0.2, 0.25) is 11.8 Å². The molecule has 2 fully saturated rings. The van der Waals surface area contributed by atoms with Crippen LogP contribution in [-0.2, 0) is 16.0 Å². The van der Waals surface area contributed by atoms with Crippen LogP contribution in [0, 0.1) is 5.92 Å². The van der Waals surface area contributed by atoms with Gasteiger partial charge in [0, 0.05) is 24.2 Å². The molecule has 2 amide bonds. The molecule has 3 rings (SSSR count). The Labute approximate surface area is 184 Å². The van der Waals surface area contributed by atoms with Crippen LogP contribution in [-0.4, -0.2) is 64.5 Å². The number of carbonyl (C=O) groups excluding carboxylic acids is 2. The summed E-state index contributed by atoms with van der Waals surface area (Å²) in [5.41, 5.74) is 7.20.